The van der Waals surface area contributed by atoms with Crippen molar-refractivity contribution in [3.05, 3.63) is 0 Å². The number of hydrogen-bond acceptors (Lipinski definition) is 3. The van der Waals surface area contributed by atoms with Crippen LogP contribution < -0.4 is 0 Å². The van der Waals surface area contributed by atoms with Gasteiger partial charge in [-0.2, -0.15) is 0 Å². The summed E-state index contributed by atoms with van der Waals surface area (Å²) >= 11 is 0. The van der Waals surface area contributed by atoms with Crippen LogP contribution in [0.4, 0.5) is 0 Å². The average Bonchev–Trinajstić information content (AvgIpc) is 2.87. The molecule has 3 heteroatoms. The highest BCUT2D eigenvalue weighted by molar-refractivity contribution is 5.39. The molecular formula is C10H17NO2. The Labute approximate surface area is 79.0 Å². The van der Waals surface area contributed by atoms with Gasteiger partial charge in [-0.15, -0.1) is 0 Å². The Bertz CT molecular complexity index is 183. The molecule has 2 aliphatic rings. The topological polar surface area (TPSA) is 29.5 Å². The highest BCUT2D eigenvalue weighted by Gasteiger charge is 2.46. The van der Waals surface area contributed by atoms with Gasteiger partial charge in [0.1, 0.15) is 5.60 Å². The fourth-order valence-corrected chi connectivity index (χ4v) is 2.08. The number of hydrogen-bond donors (Lipinski definition) is 0. The molecule has 1 heterocycles. The Morgan fingerprint density at radius 3 is 2.46 bits per heavy atom. The molecule has 1 aliphatic heterocycles. The third kappa shape index (κ3) is 2.21. The molecule has 0 unspecified atom stereocenters. The van der Waals surface area contributed by atoms with Gasteiger partial charge in [-0.25, -0.2) is 0 Å². The van der Waals surface area contributed by atoms with Gasteiger partial charge in [-0.05, 0) is 38.8 Å². The first-order chi connectivity index (χ1) is 6.35. The fourth-order valence-electron chi connectivity index (χ4n) is 2.08. The second-order valence-electron chi connectivity index (χ2n) is 4.23. The Morgan fingerprint density at radius 1 is 1.23 bits per heavy atom. The Kier molecular flexibility index (Phi) is 2.54. The molecule has 2 rings (SSSR count). The third-order valence-corrected chi connectivity index (χ3v) is 3.07. The molecule has 3 nitrogen and oxygen atoms in total. The lowest BCUT2D eigenvalue weighted by atomic mass is 10.1. The van der Waals surface area contributed by atoms with Crippen LogP contribution in [-0.4, -0.2) is 36.6 Å². The first-order valence-electron chi connectivity index (χ1n) is 5.18. The summed E-state index contributed by atoms with van der Waals surface area (Å²) in [5.74, 6) is 0. The van der Waals surface area contributed by atoms with Gasteiger partial charge in [0.25, 0.3) is 6.47 Å². The Hall–Kier alpha value is -0.570. The number of likely N-dealkylation sites (tertiary alicyclic amines) is 1. The first-order valence-corrected chi connectivity index (χ1v) is 5.18. The van der Waals surface area contributed by atoms with Crippen molar-refractivity contribution in [2.45, 2.75) is 37.7 Å². The second kappa shape index (κ2) is 3.66. The molecule has 0 amide bonds. The molecule has 0 atom stereocenters. The van der Waals surface area contributed by atoms with Crippen LogP contribution in [0.1, 0.15) is 32.1 Å². The van der Waals surface area contributed by atoms with Crippen LogP contribution in [-0.2, 0) is 9.53 Å². The van der Waals surface area contributed by atoms with E-state index in [1.165, 1.54) is 32.4 Å². The molecule has 0 aromatic heterocycles. The molecule has 0 aromatic carbocycles. The summed E-state index contributed by atoms with van der Waals surface area (Å²) in [6.07, 6.45) is 6.08. The van der Waals surface area contributed by atoms with Crippen LogP contribution in [0, 0.1) is 0 Å². The summed E-state index contributed by atoms with van der Waals surface area (Å²) in [6, 6.07) is 0. The van der Waals surface area contributed by atoms with Crippen LogP contribution in [0.15, 0.2) is 0 Å². The highest BCUT2D eigenvalue weighted by Crippen LogP contribution is 2.40. The van der Waals surface area contributed by atoms with E-state index in [0.717, 1.165) is 19.4 Å². The standard InChI is InChI=1S/C10H17NO2/c12-9-13-10(4-5-10)8-11-6-2-1-3-7-11/h9H,1-8H2. The van der Waals surface area contributed by atoms with E-state index in [9.17, 15) is 4.79 Å². The van der Waals surface area contributed by atoms with Crippen LogP contribution >= 0.6 is 0 Å². The van der Waals surface area contributed by atoms with Gasteiger partial charge in [0.05, 0.1) is 0 Å². The van der Waals surface area contributed by atoms with E-state index < -0.39 is 0 Å². The molecule has 1 saturated heterocycles. The van der Waals surface area contributed by atoms with Crippen molar-refractivity contribution in [1.29, 1.82) is 0 Å². The average molecular weight is 183 g/mol. The molecule has 2 fully saturated rings. The summed E-state index contributed by atoms with van der Waals surface area (Å²) in [5, 5.41) is 0. The van der Waals surface area contributed by atoms with Crippen LogP contribution in [0.3, 0.4) is 0 Å². The van der Waals surface area contributed by atoms with Crippen molar-refractivity contribution in [2.75, 3.05) is 19.6 Å². The zero-order valence-electron chi connectivity index (χ0n) is 8.00. The molecule has 74 valence electrons. The van der Waals surface area contributed by atoms with Crippen LogP contribution in [0.25, 0.3) is 0 Å². The number of rotatable bonds is 4. The lowest BCUT2D eigenvalue weighted by Gasteiger charge is -2.29. The molecule has 1 saturated carbocycles. The van der Waals surface area contributed by atoms with E-state index in [-0.39, 0.29) is 5.60 Å². The van der Waals surface area contributed by atoms with Crippen molar-refractivity contribution in [2.24, 2.45) is 0 Å². The highest BCUT2D eigenvalue weighted by atomic mass is 16.5. The maximum Gasteiger partial charge on any atom is 0.293 e. The van der Waals surface area contributed by atoms with Crippen molar-refractivity contribution in [3.8, 4) is 0 Å². The molecule has 0 aromatic rings. The zero-order chi connectivity index (χ0) is 9.15. The van der Waals surface area contributed by atoms with E-state index in [2.05, 4.69) is 4.90 Å². The summed E-state index contributed by atoms with van der Waals surface area (Å²) in [4.78, 5) is 12.7. The van der Waals surface area contributed by atoms with Crippen molar-refractivity contribution in [3.63, 3.8) is 0 Å². The van der Waals surface area contributed by atoms with Crippen LogP contribution in [0.5, 0.6) is 0 Å². The molecule has 0 bridgehead atoms. The van der Waals surface area contributed by atoms with E-state index >= 15 is 0 Å². The van der Waals surface area contributed by atoms with Gasteiger partial charge in [0.2, 0.25) is 0 Å². The smallest absolute Gasteiger partial charge is 0.293 e. The molecule has 1 aliphatic carbocycles. The minimum atomic E-state index is -0.0842. The predicted octanol–water partition coefficient (Wildman–Crippen LogP) is 1.18. The number of piperidine rings is 1. The van der Waals surface area contributed by atoms with Gasteiger partial charge in [0.15, 0.2) is 0 Å². The lowest BCUT2D eigenvalue weighted by Crippen LogP contribution is -2.38. The van der Waals surface area contributed by atoms with E-state index in [1.807, 2.05) is 0 Å². The summed E-state index contributed by atoms with van der Waals surface area (Å²) in [6.45, 7) is 3.94. The Balaban J connectivity index is 1.78. The largest absolute Gasteiger partial charge is 0.460 e. The quantitative estimate of drug-likeness (QED) is 0.613. The van der Waals surface area contributed by atoms with E-state index in [1.54, 1.807) is 0 Å². The molecule has 0 spiro atoms. The molecule has 13 heavy (non-hydrogen) atoms. The minimum Gasteiger partial charge on any atom is -0.460 e. The molecule has 0 N–H and O–H groups in total. The first kappa shape index (κ1) is 9.00. The normalized spacial score (nSPS) is 26.8. The summed E-state index contributed by atoms with van der Waals surface area (Å²) in [7, 11) is 0. The number of carbonyl (C=O) groups is 1. The minimum absolute atomic E-state index is 0.0842. The number of nitrogens with zero attached hydrogens (tertiary/aromatic N) is 1. The second-order valence-corrected chi connectivity index (χ2v) is 4.23. The molecule has 0 radical (unpaired) electrons. The zero-order valence-corrected chi connectivity index (χ0v) is 8.00. The van der Waals surface area contributed by atoms with Gasteiger partial charge in [0, 0.05) is 6.54 Å². The van der Waals surface area contributed by atoms with Crippen LogP contribution in [0.2, 0.25) is 0 Å². The van der Waals surface area contributed by atoms with Crippen molar-refractivity contribution < 1.29 is 9.53 Å². The predicted molar refractivity (Wildman–Crippen MR) is 49.4 cm³/mol. The lowest BCUT2D eigenvalue weighted by molar-refractivity contribution is -0.136. The maximum atomic E-state index is 10.3. The van der Waals surface area contributed by atoms with Crippen molar-refractivity contribution >= 4 is 6.47 Å². The number of ether oxygens (including phenoxy) is 1. The monoisotopic (exact) mass is 183 g/mol. The Morgan fingerprint density at radius 2 is 1.92 bits per heavy atom. The SMILES string of the molecule is O=COC1(CN2CCCCC2)CC1. The molecular weight excluding hydrogens is 166 g/mol. The van der Waals surface area contributed by atoms with Gasteiger partial charge >= 0.3 is 0 Å². The maximum absolute atomic E-state index is 10.3. The third-order valence-electron chi connectivity index (χ3n) is 3.07. The van der Waals surface area contributed by atoms with Crippen molar-refractivity contribution in [1.82, 2.24) is 4.90 Å². The van der Waals surface area contributed by atoms with E-state index in [4.69, 9.17) is 4.74 Å². The number of carbonyl (C=O) groups excluding carboxylic acids is 1. The summed E-state index contributed by atoms with van der Waals surface area (Å²) < 4.78 is 5.12. The van der Waals surface area contributed by atoms with Gasteiger partial charge < -0.3 is 4.74 Å². The van der Waals surface area contributed by atoms with E-state index in [0.29, 0.717) is 6.47 Å². The summed E-state index contributed by atoms with van der Waals surface area (Å²) in [5.41, 5.74) is -0.0842. The van der Waals surface area contributed by atoms with Gasteiger partial charge in [-0.1, -0.05) is 6.42 Å². The van der Waals surface area contributed by atoms with Gasteiger partial charge in [-0.3, -0.25) is 9.69 Å². The fraction of sp³-hybridized carbons (Fsp3) is 0.900.